The van der Waals surface area contributed by atoms with Crippen molar-refractivity contribution in [2.24, 2.45) is 0 Å². The molecule has 0 radical (unpaired) electrons. The van der Waals surface area contributed by atoms with E-state index in [0.29, 0.717) is 11.3 Å². The maximum Gasteiger partial charge on any atom is 0.240 e. The second kappa shape index (κ2) is 5.16. The first-order valence-corrected chi connectivity index (χ1v) is 5.63. The minimum atomic E-state index is -0.746. The number of amides is 2. The number of carbonyl (C=O) groups is 2. The fourth-order valence-electron chi connectivity index (χ4n) is 1.89. The van der Waals surface area contributed by atoms with Crippen molar-refractivity contribution in [1.29, 1.82) is 0 Å². The minimum Gasteiger partial charge on any atom is -0.399 e. The predicted octanol–water partition coefficient (Wildman–Crippen LogP) is -0.739. The molecule has 0 saturated carbocycles. The van der Waals surface area contributed by atoms with Crippen molar-refractivity contribution in [3.63, 3.8) is 0 Å². The van der Waals surface area contributed by atoms with E-state index < -0.39 is 6.10 Å². The number of carbonyl (C=O) groups excluding carboxylic acids is 2. The summed E-state index contributed by atoms with van der Waals surface area (Å²) in [5, 5.41) is 12.2. The van der Waals surface area contributed by atoms with Crippen molar-refractivity contribution < 1.29 is 14.7 Å². The average Bonchev–Trinajstić information content (AvgIpc) is 2.28. The zero-order valence-corrected chi connectivity index (χ0v) is 9.80. The van der Waals surface area contributed by atoms with Gasteiger partial charge < -0.3 is 10.8 Å². The first kappa shape index (κ1) is 12.5. The first-order chi connectivity index (χ1) is 8.54. The highest BCUT2D eigenvalue weighted by Gasteiger charge is 2.24. The molecule has 6 nitrogen and oxygen atoms in total. The summed E-state index contributed by atoms with van der Waals surface area (Å²) in [5.41, 5.74) is 6.89. The second-order valence-corrected chi connectivity index (χ2v) is 4.32. The molecule has 1 aliphatic heterocycles. The Hall–Kier alpha value is -1.92. The van der Waals surface area contributed by atoms with E-state index >= 15 is 0 Å². The van der Waals surface area contributed by atoms with Crippen molar-refractivity contribution >= 4 is 17.5 Å². The van der Waals surface area contributed by atoms with Gasteiger partial charge in [0.2, 0.25) is 11.8 Å². The first-order valence-electron chi connectivity index (χ1n) is 5.63. The third-order valence-electron chi connectivity index (χ3n) is 2.77. The molecular formula is C12H15N3O3. The maximum atomic E-state index is 11.2. The number of nitrogens with two attached hydrogens (primary N) is 1. The number of hydrogen-bond acceptors (Lipinski definition) is 5. The van der Waals surface area contributed by atoms with Gasteiger partial charge in [-0.15, -0.1) is 0 Å². The van der Waals surface area contributed by atoms with Crippen molar-refractivity contribution in [3.8, 4) is 0 Å². The molecule has 2 amide bonds. The van der Waals surface area contributed by atoms with Crippen molar-refractivity contribution in [1.82, 2.24) is 10.2 Å². The molecule has 18 heavy (non-hydrogen) atoms. The van der Waals surface area contributed by atoms with Gasteiger partial charge in [0.25, 0.3) is 0 Å². The Morgan fingerprint density at radius 3 is 2.33 bits per heavy atom. The summed E-state index contributed by atoms with van der Waals surface area (Å²) in [6, 6.07) is 6.86. The molecule has 1 aromatic rings. The number of anilines is 1. The van der Waals surface area contributed by atoms with E-state index in [4.69, 9.17) is 5.73 Å². The predicted molar refractivity (Wildman–Crippen MR) is 65.4 cm³/mol. The molecule has 1 aliphatic rings. The van der Waals surface area contributed by atoms with Gasteiger partial charge in [0.1, 0.15) is 0 Å². The van der Waals surface area contributed by atoms with E-state index in [0.717, 1.165) is 0 Å². The van der Waals surface area contributed by atoms with E-state index in [-0.39, 0.29) is 31.4 Å². The van der Waals surface area contributed by atoms with Gasteiger partial charge in [-0.25, -0.2) is 0 Å². The largest absolute Gasteiger partial charge is 0.399 e. The van der Waals surface area contributed by atoms with Crippen LogP contribution in [-0.4, -0.2) is 41.5 Å². The molecule has 0 aromatic heterocycles. The number of nitrogen functional groups attached to an aromatic ring is 1. The molecule has 0 spiro atoms. The van der Waals surface area contributed by atoms with Crippen LogP contribution < -0.4 is 11.1 Å². The van der Waals surface area contributed by atoms with Crippen LogP contribution in [0, 0.1) is 0 Å². The quantitative estimate of drug-likeness (QED) is 0.484. The smallest absolute Gasteiger partial charge is 0.240 e. The fourth-order valence-corrected chi connectivity index (χ4v) is 1.89. The number of nitrogens with zero attached hydrogens (tertiary/aromatic N) is 1. The Bertz CT molecular complexity index is 442. The monoisotopic (exact) mass is 249 g/mol. The number of piperazine rings is 1. The summed E-state index contributed by atoms with van der Waals surface area (Å²) in [7, 11) is 0. The van der Waals surface area contributed by atoms with Crippen LogP contribution in [-0.2, 0) is 9.59 Å². The van der Waals surface area contributed by atoms with Gasteiger partial charge in [-0.1, -0.05) is 12.1 Å². The number of imide groups is 1. The summed E-state index contributed by atoms with van der Waals surface area (Å²) in [6.07, 6.45) is -0.746. The number of rotatable bonds is 3. The lowest BCUT2D eigenvalue weighted by Gasteiger charge is -2.27. The molecule has 1 atom stereocenters. The van der Waals surface area contributed by atoms with Gasteiger partial charge in [-0.05, 0) is 17.7 Å². The van der Waals surface area contributed by atoms with Crippen LogP contribution in [0.4, 0.5) is 5.69 Å². The molecule has 0 bridgehead atoms. The lowest BCUT2D eigenvalue weighted by molar-refractivity contribution is -0.136. The molecule has 1 unspecified atom stereocenters. The molecule has 1 heterocycles. The standard InChI is InChI=1S/C12H15N3O3/c13-9-3-1-8(2-4-9)10(16)5-15-6-11(17)14-12(18)7-15/h1-4,10,16H,5-7,13H2,(H,14,17,18). The lowest BCUT2D eigenvalue weighted by atomic mass is 10.1. The highest BCUT2D eigenvalue weighted by Crippen LogP contribution is 2.16. The highest BCUT2D eigenvalue weighted by molar-refractivity contribution is 5.99. The van der Waals surface area contributed by atoms with Crippen LogP contribution in [0.15, 0.2) is 24.3 Å². The van der Waals surface area contributed by atoms with Gasteiger partial charge in [0.05, 0.1) is 19.2 Å². The zero-order valence-electron chi connectivity index (χ0n) is 9.80. The summed E-state index contributed by atoms with van der Waals surface area (Å²) >= 11 is 0. The Morgan fingerprint density at radius 1 is 1.22 bits per heavy atom. The van der Waals surface area contributed by atoms with Crippen LogP contribution in [0.3, 0.4) is 0 Å². The summed E-state index contributed by atoms with van der Waals surface area (Å²) in [6.45, 7) is 0.485. The van der Waals surface area contributed by atoms with Gasteiger partial charge in [-0.3, -0.25) is 19.8 Å². The van der Waals surface area contributed by atoms with Gasteiger partial charge in [-0.2, -0.15) is 0 Å². The summed E-state index contributed by atoms with van der Waals surface area (Å²) in [5.74, 6) is -0.675. The Balaban J connectivity index is 1.98. The second-order valence-electron chi connectivity index (χ2n) is 4.32. The van der Waals surface area contributed by atoms with E-state index in [1.807, 2.05) is 0 Å². The van der Waals surface area contributed by atoms with Crippen molar-refractivity contribution in [3.05, 3.63) is 29.8 Å². The molecule has 0 aliphatic carbocycles. The number of aliphatic hydroxyl groups is 1. The number of β-amino-alcohol motifs (C(OH)–C–C–N with tert-alkyl or cyclic N) is 1. The van der Waals surface area contributed by atoms with E-state index in [9.17, 15) is 14.7 Å². The lowest BCUT2D eigenvalue weighted by Crippen LogP contribution is -2.52. The maximum absolute atomic E-state index is 11.2. The average molecular weight is 249 g/mol. The number of benzene rings is 1. The topological polar surface area (TPSA) is 95.7 Å². The molecule has 6 heteroatoms. The molecule has 4 N–H and O–H groups in total. The van der Waals surface area contributed by atoms with Crippen LogP contribution in [0.25, 0.3) is 0 Å². The van der Waals surface area contributed by atoms with Gasteiger partial charge in [0, 0.05) is 12.2 Å². The third kappa shape index (κ3) is 3.06. The van der Waals surface area contributed by atoms with Gasteiger partial charge >= 0.3 is 0 Å². The van der Waals surface area contributed by atoms with E-state index in [1.54, 1.807) is 29.2 Å². The minimum absolute atomic E-state index is 0.123. The molecule has 1 fully saturated rings. The Kier molecular flexibility index (Phi) is 3.59. The molecule has 96 valence electrons. The van der Waals surface area contributed by atoms with Crippen LogP contribution in [0.2, 0.25) is 0 Å². The number of hydrogen-bond donors (Lipinski definition) is 3. The molecule has 1 saturated heterocycles. The van der Waals surface area contributed by atoms with Crippen molar-refractivity contribution in [2.45, 2.75) is 6.10 Å². The molecule has 2 rings (SSSR count). The van der Waals surface area contributed by atoms with E-state index in [1.165, 1.54) is 0 Å². The summed E-state index contributed by atoms with van der Waals surface area (Å²) < 4.78 is 0. The third-order valence-corrected chi connectivity index (χ3v) is 2.77. The SMILES string of the molecule is Nc1ccc(C(O)CN2CC(=O)NC(=O)C2)cc1. The Morgan fingerprint density at radius 2 is 1.78 bits per heavy atom. The highest BCUT2D eigenvalue weighted by atomic mass is 16.3. The van der Waals surface area contributed by atoms with Crippen LogP contribution in [0.5, 0.6) is 0 Å². The van der Waals surface area contributed by atoms with Crippen molar-refractivity contribution in [2.75, 3.05) is 25.4 Å². The number of nitrogens with one attached hydrogen (secondary N) is 1. The zero-order chi connectivity index (χ0) is 13.1. The van der Waals surface area contributed by atoms with Gasteiger partial charge in [0.15, 0.2) is 0 Å². The molecular weight excluding hydrogens is 234 g/mol. The van der Waals surface area contributed by atoms with E-state index in [2.05, 4.69) is 5.32 Å². The summed E-state index contributed by atoms with van der Waals surface area (Å²) in [4.78, 5) is 24.0. The van der Waals surface area contributed by atoms with Crippen LogP contribution >= 0.6 is 0 Å². The Labute approximate surface area is 104 Å². The number of aliphatic hydroxyl groups excluding tert-OH is 1. The molecule has 1 aromatic carbocycles. The normalized spacial score (nSPS) is 18.5. The fraction of sp³-hybridized carbons (Fsp3) is 0.333. The van der Waals surface area contributed by atoms with Crippen LogP contribution in [0.1, 0.15) is 11.7 Å².